The van der Waals surface area contributed by atoms with Gasteiger partial charge >= 0.3 is 0 Å². The molecule has 1 atom stereocenters. The van der Waals surface area contributed by atoms with Crippen molar-refractivity contribution in [3.63, 3.8) is 0 Å². The smallest absolute Gasteiger partial charge is 0.241 e. The fourth-order valence-corrected chi connectivity index (χ4v) is 2.22. The van der Waals surface area contributed by atoms with Gasteiger partial charge in [0.2, 0.25) is 5.91 Å². The number of amides is 1. The first-order valence-electron chi connectivity index (χ1n) is 5.65. The van der Waals surface area contributed by atoms with Crippen LogP contribution in [-0.4, -0.2) is 25.0 Å². The number of hydrogen-bond acceptors (Lipinski definition) is 2. The summed E-state index contributed by atoms with van der Waals surface area (Å²) in [5.41, 5.74) is 3.10. The number of rotatable bonds is 3. The van der Waals surface area contributed by atoms with E-state index >= 15 is 0 Å². The van der Waals surface area contributed by atoms with Crippen LogP contribution in [0.5, 0.6) is 0 Å². The highest BCUT2D eigenvalue weighted by Gasteiger charge is 2.22. The minimum absolute atomic E-state index is 0.0275. The van der Waals surface area contributed by atoms with Gasteiger partial charge in [0.1, 0.15) is 6.04 Å². The second-order valence-corrected chi connectivity index (χ2v) is 4.05. The molecule has 0 bridgehead atoms. The Hall–Kier alpha value is -1.81. The molecular formula is C13H17N3O. The summed E-state index contributed by atoms with van der Waals surface area (Å²) in [5, 5.41) is 6.83. The highest BCUT2D eigenvalue weighted by Crippen LogP contribution is 2.27. The van der Waals surface area contributed by atoms with E-state index in [1.165, 1.54) is 0 Å². The summed E-state index contributed by atoms with van der Waals surface area (Å²) in [6, 6.07) is 7.69. The first-order valence-corrected chi connectivity index (χ1v) is 5.65. The number of para-hydroxylation sites is 1. The maximum atomic E-state index is 11.8. The molecule has 4 heteroatoms. The number of likely N-dealkylation sites (N-methyl/N-ethyl adjacent to an activating group) is 2. The number of aryl methyl sites for hydroxylation is 1. The molecule has 1 unspecified atom stereocenters. The van der Waals surface area contributed by atoms with Crippen LogP contribution in [0.1, 0.15) is 17.3 Å². The van der Waals surface area contributed by atoms with E-state index in [4.69, 9.17) is 0 Å². The van der Waals surface area contributed by atoms with E-state index in [-0.39, 0.29) is 11.9 Å². The number of fused-ring (bicyclic) bond motifs is 1. The summed E-state index contributed by atoms with van der Waals surface area (Å²) < 4.78 is 0. The molecule has 1 heterocycles. The van der Waals surface area contributed by atoms with Crippen LogP contribution in [0, 0.1) is 6.92 Å². The summed E-state index contributed by atoms with van der Waals surface area (Å²) in [5.74, 6) is -0.0275. The number of nitrogens with one attached hydrogen (secondary N) is 3. The lowest BCUT2D eigenvalue weighted by molar-refractivity contribution is -0.122. The zero-order valence-corrected chi connectivity index (χ0v) is 10.3. The first-order chi connectivity index (χ1) is 8.19. The van der Waals surface area contributed by atoms with Crippen molar-refractivity contribution in [2.24, 2.45) is 0 Å². The van der Waals surface area contributed by atoms with Crippen LogP contribution in [0.4, 0.5) is 0 Å². The molecule has 90 valence electrons. The van der Waals surface area contributed by atoms with E-state index in [0.29, 0.717) is 0 Å². The predicted molar refractivity (Wildman–Crippen MR) is 68.9 cm³/mol. The van der Waals surface area contributed by atoms with E-state index in [2.05, 4.69) is 15.6 Å². The molecule has 0 spiro atoms. The van der Waals surface area contributed by atoms with Crippen molar-refractivity contribution < 1.29 is 4.79 Å². The average molecular weight is 231 g/mol. The average Bonchev–Trinajstić information content (AvgIpc) is 2.67. The van der Waals surface area contributed by atoms with Crippen molar-refractivity contribution >= 4 is 16.8 Å². The number of aromatic amines is 1. The fraction of sp³-hybridized carbons (Fsp3) is 0.308. The number of hydrogen-bond donors (Lipinski definition) is 3. The minimum atomic E-state index is -0.323. The highest BCUT2D eigenvalue weighted by atomic mass is 16.2. The van der Waals surface area contributed by atoms with Gasteiger partial charge in [-0.3, -0.25) is 4.79 Å². The lowest BCUT2D eigenvalue weighted by atomic mass is 10.0. The Labute approximate surface area is 100 Å². The van der Waals surface area contributed by atoms with Gasteiger partial charge in [0.25, 0.3) is 0 Å². The second-order valence-electron chi connectivity index (χ2n) is 4.05. The lowest BCUT2D eigenvalue weighted by Gasteiger charge is -2.15. The van der Waals surface area contributed by atoms with Crippen LogP contribution < -0.4 is 10.6 Å². The lowest BCUT2D eigenvalue weighted by Crippen LogP contribution is -2.34. The van der Waals surface area contributed by atoms with Crippen LogP contribution in [0.15, 0.2) is 24.3 Å². The summed E-state index contributed by atoms with van der Waals surface area (Å²) in [6.45, 7) is 1.99. The number of carbonyl (C=O) groups is 1. The molecule has 0 aliphatic carbocycles. The highest BCUT2D eigenvalue weighted by molar-refractivity contribution is 5.92. The normalized spacial score (nSPS) is 12.6. The van der Waals surface area contributed by atoms with Crippen LogP contribution in [-0.2, 0) is 4.79 Å². The molecule has 0 radical (unpaired) electrons. The number of carbonyl (C=O) groups excluding carboxylic acids is 1. The molecule has 1 aromatic heterocycles. The Morgan fingerprint density at radius 3 is 2.65 bits per heavy atom. The molecule has 4 nitrogen and oxygen atoms in total. The summed E-state index contributed by atoms with van der Waals surface area (Å²) in [6.07, 6.45) is 0. The van der Waals surface area contributed by atoms with Gasteiger partial charge in [0.15, 0.2) is 0 Å². The predicted octanol–water partition coefficient (Wildman–Crippen LogP) is 1.48. The van der Waals surface area contributed by atoms with Crippen molar-refractivity contribution in [2.75, 3.05) is 14.1 Å². The maximum Gasteiger partial charge on any atom is 0.241 e. The molecule has 1 aromatic carbocycles. The Bertz CT molecular complexity index is 545. The monoisotopic (exact) mass is 231 g/mol. The van der Waals surface area contributed by atoms with Gasteiger partial charge in [-0.25, -0.2) is 0 Å². The third-order valence-corrected chi connectivity index (χ3v) is 3.03. The van der Waals surface area contributed by atoms with Crippen LogP contribution in [0.25, 0.3) is 10.9 Å². The molecular weight excluding hydrogens is 214 g/mol. The topological polar surface area (TPSA) is 56.9 Å². The Morgan fingerprint density at radius 2 is 2.00 bits per heavy atom. The largest absolute Gasteiger partial charge is 0.358 e. The Morgan fingerprint density at radius 1 is 1.29 bits per heavy atom. The standard InChI is InChI=1S/C13H17N3O/c1-8-11(12(14-2)13(17)15-3)9-6-4-5-7-10(9)16-8/h4-7,12,14,16H,1-3H3,(H,15,17). The molecule has 2 aromatic rings. The van der Waals surface area contributed by atoms with Gasteiger partial charge in [0.05, 0.1) is 0 Å². The molecule has 0 aliphatic rings. The van der Waals surface area contributed by atoms with Gasteiger partial charge in [-0.05, 0) is 20.0 Å². The summed E-state index contributed by atoms with van der Waals surface area (Å²) in [7, 11) is 3.44. The van der Waals surface area contributed by atoms with Crippen LogP contribution in [0.3, 0.4) is 0 Å². The van der Waals surface area contributed by atoms with Crippen molar-refractivity contribution in [3.05, 3.63) is 35.5 Å². The van der Waals surface area contributed by atoms with Crippen molar-refractivity contribution in [2.45, 2.75) is 13.0 Å². The van der Waals surface area contributed by atoms with Crippen molar-refractivity contribution in [3.8, 4) is 0 Å². The molecule has 17 heavy (non-hydrogen) atoms. The molecule has 0 saturated heterocycles. The third kappa shape index (κ3) is 1.91. The van der Waals surface area contributed by atoms with Gasteiger partial charge in [-0.1, -0.05) is 18.2 Å². The van der Waals surface area contributed by atoms with Gasteiger partial charge in [0, 0.05) is 29.2 Å². The van der Waals surface area contributed by atoms with E-state index in [1.54, 1.807) is 14.1 Å². The molecule has 1 amide bonds. The van der Waals surface area contributed by atoms with E-state index < -0.39 is 0 Å². The van der Waals surface area contributed by atoms with Gasteiger partial charge in [-0.2, -0.15) is 0 Å². The third-order valence-electron chi connectivity index (χ3n) is 3.03. The quantitative estimate of drug-likeness (QED) is 0.749. The summed E-state index contributed by atoms with van der Waals surface area (Å²) >= 11 is 0. The SMILES string of the molecule is CNC(=O)C(NC)c1c(C)[nH]c2ccccc12. The zero-order valence-electron chi connectivity index (χ0n) is 10.3. The Kier molecular flexibility index (Phi) is 3.15. The van der Waals surface area contributed by atoms with E-state index in [9.17, 15) is 4.79 Å². The molecule has 0 aliphatic heterocycles. The molecule has 3 N–H and O–H groups in total. The van der Waals surface area contributed by atoms with Crippen molar-refractivity contribution in [1.29, 1.82) is 0 Å². The van der Waals surface area contributed by atoms with Crippen LogP contribution >= 0.6 is 0 Å². The van der Waals surface area contributed by atoms with Gasteiger partial charge in [-0.15, -0.1) is 0 Å². The van der Waals surface area contributed by atoms with E-state index in [1.807, 2.05) is 31.2 Å². The Balaban J connectivity index is 2.60. The second kappa shape index (κ2) is 4.59. The molecule has 2 rings (SSSR count). The molecule has 0 saturated carbocycles. The van der Waals surface area contributed by atoms with Gasteiger partial charge < -0.3 is 15.6 Å². The van der Waals surface area contributed by atoms with Crippen LogP contribution in [0.2, 0.25) is 0 Å². The van der Waals surface area contributed by atoms with Crippen molar-refractivity contribution in [1.82, 2.24) is 15.6 Å². The number of benzene rings is 1. The number of H-pyrrole nitrogens is 1. The summed E-state index contributed by atoms with van der Waals surface area (Å²) in [4.78, 5) is 15.2. The first kappa shape index (κ1) is 11.7. The maximum absolute atomic E-state index is 11.8. The minimum Gasteiger partial charge on any atom is -0.358 e. The number of aromatic nitrogens is 1. The zero-order chi connectivity index (χ0) is 12.4. The molecule has 0 fully saturated rings. The van der Waals surface area contributed by atoms with E-state index in [0.717, 1.165) is 22.2 Å². The fourth-order valence-electron chi connectivity index (χ4n) is 2.22.